The van der Waals surface area contributed by atoms with Crippen LogP contribution in [0.25, 0.3) is 6.08 Å². The summed E-state index contributed by atoms with van der Waals surface area (Å²) in [5, 5.41) is 9.59. The van der Waals surface area contributed by atoms with E-state index in [1.54, 1.807) is 24.3 Å². The van der Waals surface area contributed by atoms with Crippen molar-refractivity contribution < 1.29 is 19.4 Å². The number of carbonyl (C=O) groups excluding carboxylic acids is 1. The van der Waals surface area contributed by atoms with Gasteiger partial charge in [0.05, 0.1) is 7.11 Å². The van der Waals surface area contributed by atoms with Crippen molar-refractivity contribution in [1.82, 2.24) is 0 Å². The Bertz CT molecular complexity index is 624. The third kappa shape index (κ3) is 14.9. The van der Waals surface area contributed by atoms with E-state index < -0.39 is 0 Å². The molecule has 0 spiro atoms. The maximum Gasteiger partial charge on any atom is 0.306 e. The summed E-state index contributed by atoms with van der Waals surface area (Å²) in [6, 6.07) is 5.11. The molecule has 0 aromatic heterocycles. The lowest BCUT2D eigenvalue weighted by Gasteiger charge is -2.04. The highest BCUT2D eigenvalue weighted by Crippen LogP contribution is 2.26. The minimum Gasteiger partial charge on any atom is -0.504 e. The molecular formula is C28H46O4. The molecular weight excluding hydrogens is 400 g/mol. The Morgan fingerprint density at radius 2 is 1.38 bits per heavy atom. The predicted octanol–water partition coefficient (Wildman–Crippen LogP) is 8.22. The lowest BCUT2D eigenvalue weighted by atomic mass is 10.0. The zero-order valence-corrected chi connectivity index (χ0v) is 20.6. The fourth-order valence-corrected chi connectivity index (χ4v) is 3.84. The van der Waals surface area contributed by atoms with Crippen molar-refractivity contribution in [3.63, 3.8) is 0 Å². The van der Waals surface area contributed by atoms with Crippen LogP contribution in [-0.2, 0) is 9.53 Å². The van der Waals surface area contributed by atoms with Gasteiger partial charge in [-0.15, -0.1) is 0 Å². The van der Waals surface area contributed by atoms with Gasteiger partial charge < -0.3 is 14.6 Å². The fraction of sp³-hybridized carbons (Fsp3) is 0.679. The normalized spacial score (nSPS) is 11.2. The summed E-state index contributed by atoms with van der Waals surface area (Å²) in [4.78, 5) is 11.8. The summed E-state index contributed by atoms with van der Waals surface area (Å²) in [5.74, 6) is 0.407. The molecule has 0 amide bonds. The van der Waals surface area contributed by atoms with Gasteiger partial charge >= 0.3 is 5.97 Å². The molecule has 1 aromatic rings. The molecule has 182 valence electrons. The molecule has 0 aliphatic carbocycles. The number of ether oxygens (including phenoxy) is 2. The fourth-order valence-electron chi connectivity index (χ4n) is 3.84. The monoisotopic (exact) mass is 446 g/mol. The average molecular weight is 447 g/mol. The Morgan fingerprint density at radius 1 is 0.844 bits per heavy atom. The van der Waals surface area contributed by atoms with Crippen molar-refractivity contribution in [2.24, 2.45) is 0 Å². The van der Waals surface area contributed by atoms with Crippen LogP contribution in [0.4, 0.5) is 0 Å². The third-order valence-corrected chi connectivity index (χ3v) is 5.84. The van der Waals surface area contributed by atoms with Crippen molar-refractivity contribution in [1.29, 1.82) is 0 Å². The molecule has 0 bridgehead atoms. The number of phenols is 1. The smallest absolute Gasteiger partial charge is 0.306 e. The zero-order valence-electron chi connectivity index (χ0n) is 20.6. The second-order valence-electron chi connectivity index (χ2n) is 8.72. The first-order valence-corrected chi connectivity index (χ1v) is 12.9. The van der Waals surface area contributed by atoms with E-state index in [1.807, 2.05) is 6.08 Å². The van der Waals surface area contributed by atoms with Crippen LogP contribution < -0.4 is 4.74 Å². The summed E-state index contributed by atoms with van der Waals surface area (Å²) in [6.07, 6.45) is 24.0. The number of rotatable bonds is 20. The largest absolute Gasteiger partial charge is 0.504 e. The summed E-state index contributed by atoms with van der Waals surface area (Å²) in [5.41, 5.74) is 0.887. The Morgan fingerprint density at radius 3 is 1.91 bits per heavy atom. The zero-order chi connectivity index (χ0) is 23.3. The highest BCUT2D eigenvalue weighted by Gasteiger charge is 2.02. The molecule has 0 aliphatic rings. The van der Waals surface area contributed by atoms with Gasteiger partial charge in [0.2, 0.25) is 0 Å². The van der Waals surface area contributed by atoms with Gasteiger partial charge in [-0.05, 0) is 30.2 Å². The van der Waals surface area contributed by atoms with Crippen LogP contribution in [0, 0.1) is 0 Å². The van der Waals surface area contributed by atoms with Crippen LogP contribution in [0.3, 0.4) is 0 Å². The van der Waals surface area contributed by atoms with Crippen molar-refractivity contribution >= 4 is 12.0 Å². The Balaban J connectivity index is 1.89. The molecule has 0 radical (unpaired) electrons. The van der Waals surface area contributed by atoms with E-state index in [0.717, 1.165) is 18.4 Å². The van der Waals surface area contributed by atoms with Crippen LogP contribution in [0.15, 0.2) is 24.3 Å². The molecule has 0 atom stereocenters. The van der Waals surface area contributed by atoms with Crippen LogP contribution in [0.2, 0.25) is 0 Å². The lowest BCUT2D eigenvalue weighted by Crippen LogP contribution is -2.03. The highest BCUT2D eigenvalue weighted by atomic mass is 16.5. The second-order valence-corrected chi connectivity index (χ2v) is 8.72. The first-order chi connectivity index (χ1) is 15.7. The summed E-state index contributed by atoms with van der Waals surface area (Å²) in [7, 11) is 1.52. The van der Waals surface area contributed by atoms with E-state index in [0.29, 0.717) is 12.2 Å². The minimum absolute atomic E-state index is 0.111. The quantitative estimate of drug-likeness (QED) is 0.162. The molecule has 1 N–H and O–H groups in total. The Hall–Kier alpha value is -1.97. The van der Waals surface area contributed by atoms with Crippen LogP contribution in [-0.4, -0.2) is 24.8 Å². The highest BCUT2D eigenvalue weighted by molar-refractivity contribution is 5.69. The van der Waals surface area contributed by atoms with Gasteiger partial charge in [0.1, 0.15) is 6.61 Å². The standard InChI is InChI=1S/C28H46O4/c1-3-4-5-6-7-8-9-10-11-12-13-14-15-16-17-20-28(30)32-23-18-19-25-21-22-26(29)27(24-25)31-2/h18-19,21-22,24,29H,3-17,20,23H2,1-2H3. The van der Waals surface area contributed by atoms with E-state index in [2.05, 4.69) is 6.92 Å². The Kier molecular flexibility index (Phi) is 17.3. The number of aromatic hydroxyl groups is 1. The summed E-state index contributed by atoms with van der Waals surface area (Å²) in [6.45, 7) is 2.54. The molecule has 0 aliphatic heterocycles. The SMILES string of the molecule is CCCCCCCCCCCCCCCCCC(=O)OCC=Cc1ccc(O)c(OC)c1. The number of carbonyl (C=O) groups is 1. The average Bonchev–Trinajstić information content (AvgIpc) is 2.80. The van der Waals surface area contributed by atoms with Crippen molar-refractivity contribution in [2.45, 2.75) is 110 Å². The number of phenolic OH excluding ortho intramolecular Hbond substituents is 1. The van der Waals surface area contributed by atoms with E-state index in [9.17, 15) is 9.90 Å². The van der Waals surface area contributed by atoms with Crippen molar-refractivity contribution in [2.75, 3.05) is 13.7 Å². The molecule has 4 heteroatoms. The predicted molar refractivity (Wildman–Crippen MR) is 134 cm³/mol. The minimum atomic E-state index is -0.132. The maximum atomic E-state index is 11.8. The second kappa shape index (κ2) is 19.7. The number of hydrogen-bond acceptors (Lipinski definition) is 4. The number of hydrogen-bond donors (Lipinski definition) is 1. The van der Waals surface area contributed by atoms with E-state index in [4.69, 9.17) is 9.47 Å². The lowest BCUT2D eigenvalue weighted by molar-refractivity contribution is -0.142. The number of methoxy groups -OCH3 is 1. The van der Waals surface area contributed by atoms with Gasteiger partial charge in [0.15, 0.2) is 11.5 Å². The Labute approximate surface area is 196 Å². The third-order valence-electron chi connectivity index (χ3n) is 5.84. The molecule has 4 nitrogen and oxygen atoms in total. The molecule has 0 fully saturated rings. The van der Waals surface area contributed by atoms with Gasteiger partial charge in [-0.1, -0.05) is 109 Å². The molecule has 0 saturated carbocycles. The van der Waals surface area contributed by atoms with Gasteiger partial charge in [-0.3, -0.25) is 4.79 Å². The van der Waals surface area contributed by atoms with E-state index in [1.165, 1.54) is 90.6 Å². The van der Waals surface area contributed by atoms with Crippen LogP contribution in [0.1, 0.15) is 115 Å². The van der Waals surface area contributed by atoms with Crippen molar-refractivity contribution in [3.8, 4) is 11.5 Å². The van der Waals surface area contributed by atoms with E-state index >= 15 is 0 Å². The molecule has 0 heterocycles. The molecule has 0 unspecified atom stereocenters. The molecule has 1 rings (SSSR count). The summed E-state index contributed by atoms with van der Waals surface area (Å²) < 4.78 is 10.3. The topological polar surface area (TPSA) is 55.8 Å². The number of benzene rings is 1. The number of unbranched alkanes of at least 4 members (excludes halogenated alkanes) is 14. The molecule has 1 aromatic carbocycles. The van der Waals surface area contributed by atoms with Crippen LogP contribution >= 0.6 is 0 Å². The first kappa shape index (κ1) is 28.1. The molecule has 32 heavy (non-hydrogen) atoms. The molecule has 0 saturated heterocycles. The van der Waals surface area contributed by atoms with E-state index in [-0.39, 0.29) is 18.3 Å². The van der Waals surface area contributed by atoms with Gasteiger partial charge in [0.25, 0.3) is 0 Å². The van der Waals surface area contributed by atoms with Gasteiger partial charge in [-0.2, -0.15) is 0 Å². The first-order valence-electron chi connectivity index (χ1n) is 12.9. The summed E-state index contributed by atoms with van der Waals surface area (Å²) >= 11 is 0. The number of esters is 1. The van der Waals surface area contributed by atoms with Gasteiger partial charge in [0, 0.05) is 6.42 Å². The van der Waals surface area contributed by atoms with Crippen molar-refractivity contribution in [3.05, 3.63) is 29.8 Å². The van der Waals surface area contributed by atoms with Crippen LogP contribution in [0.5, 0.6) is 11.5 Å². The van der Waals surface area contributed by atoms with Gasteiger partial charge in [-0.25, -0.2) is 0 Å². The maximum absolute atomic E-state index is 11.8.